The zero-order chi connectivity index (χ0) is 13.0. The van der Waals surface area contributed by atoms with E-state index >= 15 is 0 Å². The molecular formula is C17H17N. The molecule has 2 aromatic carbocycles. The van der Waals surface area contributed by atoms with Crippen LogP contribution in [0, 0.1) is 20.4 Å². The Kier molecular flexibility index (Phi) is 3.79. The normalized spacial score (nSPS) is 11.8. The summed E-state index contributed by atoms with van der Waals surface area (Å²) in [4.78, 5) is 3.76. The summed E-state index contributed by atoms with van der Waals surface area (Å²) in [5.41, 5.74) is 4.82. The molecule has 0 aliphatic carbocycles. The zero-order valence-electron chi connectivity index (χ0n) is 10.9. The molecule has 90 valence electrons. The van der Waals surface area contributed by atoms with Crippen molar-refractivity contribution >= 4 is 0 Å². The van der Waals surface area contributed by atoms with Gasteiger partial charge in [-0.25, -0.2) is 6.57 Å². The first-order chi connectivity index (χ1) is 8.69. The van der Waals surface area contributed by atoms with Gasteiger partial charge in [0.1, 0.15) is 0 Å². The molecule has 0 heterocycles. The van der Waals surface area contributed by atoms with Gasteiger partial charge in [-0.3, -0.25) is 0 Å². The van der Waals surface area contributed by atoms with Crippen LogP contribution in [-0.2, 0) is 6.42 Å². The summed E-state index contributed by atoms with van der Waals surface area (Å²) >= 11 is 0. The van der Waals surface area contributed by atoms with Crippen LogP contribution < -0.4 is 0 Å². The molecule has 0 N–H and O–H groups in total. The van der Waals surface area contributed by atoms with Crippen molar-refractivity contribution in [3.63, 3.8) is 0 Å². The first kappa shape index (κ1) is 12.4. The minimum absolute atomic E-state index is 0.0756. The molecule has 1 nitrogen and oxygen atoms in total. The van der Waals surface area contributed by atoms with Gasteiger partial charge in [-0.2, -0.15) is 0 Å². The van der Waals surface area contributed by atoms with Gasteiger partial charge in [-0.15, -0.1) is 0 Å². The van der Waals surface area contributed by atoms with Crippen LogP contribution in [-0.4, -0.2) is 0 Å². The van der Waals surface area contributed by atoms with Crippen molar-refractivity contribution in [2.24, 2.45) is 0 Å². The molecule has 1 atom stereocenters. The van der Waals surface area contributed by atoms with Crippen molar-refractivity contribution in [1.82, 2.24) is 0 Å². The van der Waals surface area contributed by atoms with Crippen LogP contribution in [0.15, 0.2) is 48.5 Å². The molecule has 2 rings (SSSR count). The van der Waals surface area contributed by atoms with Crippen molar-refractivity contribution in [2.75, 3.05) is 0 Å². The smallest absolute Gasteiger partial charge is 0.252 e. The van der Waals surface area contributed by atoms with E-state index in [4.69, 9.17) is 6.57 Å². The van der Waals surface area contributed by atoms with Gasteiger partial charge in [-0.05, 0) is 19.4 Å². The van der Waals surface area contributed by atoms with Crippen molar-refractivity contribution in [3.05, 3.63) is 82.2 Å². The number of hydrogen-bond acceptors (Lipinski definition) is 0. The van der Waals surface area contributed by atoms with Gasteiger partial charge in [0.2, 0.25) is 0 Å². The number of rotatable bonds is 3. The van der Waals surface area contributed by atoms with Crippen molar-refractivity contribution in [3.8, 4) is 0 Å². The fraction of sp³-hybridized carbons (Fsp3) is 0.235. The highest BCUT2D eigenvalue weighted by Gasteiger charge is 2.15. The lowest BCUT2D eigenvalue weighted by Gasteiger charge is -2.07. The second-order valence-electron chi connectivity index (χ2n) is 4.75. The number of nitrogens with zero attached hydrogens (tertiary/aromatic N) is 1. The molecule has 18 heavy (non-hydrogen) atoms. The Hall–Kier alpha value is -2.07. The molecule has 0 aromatic heterocycles. The Balaban J connectivity index is 2.17. The van der Waals surface area contributed by atoms with Gasteiger partial charge in [0, 0.05) is 5.56 Å². The third kappa shape index (κ3) is 2.99. The van der Waals surface area contributed by atoms with E-state index in [1.165, 1.54) is 16.7 Å². The third-order valence-electron chi connectivity index (χ3n) is 3.17. The van der Waals surface area contributed by atoms with Gasteiger partial charge >= 0.3 is 0 Å². The van der Waals surface area contributed by atoms with Crippen LogP contribution in [0.4, 0.5) is 0 Å². The maximum Gasteiger partial charge on any atom is 0.252 e. The van der Waals surface area contributed by atoms with Crippen LogP contribution in [0.1, 0.15) is 28.3 Å². The molecule has 0 saturated carbocycles. The van der Waals surface area contributed by atoms with Crippen LogP contribution in [0.2, 0.25) is 0 Å². The van der Waals surface area contributed by atoms with E-state index in [2.05, 4.69) is 67.2 Å². The van der Waals surface area contributed by atoms with Crippen molar-refractivity contribution in [2.45, 2.75) is 26.3 Å². The van der Waals surface area contributed by atoms with Crippen LogP contribution in [0.3, 0.4) is 0 Å². The van der Waals surface area contributed by atoms with Gasteiger partial charge in [0.15, 0.2) is 0 Å². The van der Waals surface area contributed by atoms with Crippen molar-refractivity contribution in [1.29, 1.82) is 0 Å². The molecule has 1 unspecified atom stereocenters. The van der Waals surface area contributed by atoms with Gasteiger partial charge in [0.05, 0.1) is 6.42 Å². The Labute approximate surface area is 109 Å². The monoisotopic (exact) mass is 235 g/mol. The highest BCUT2D eigenvalue weighted by atomic mass is 14.7. The standard InChI is InChI=1S/C17H17N/c1-13-4-8-15(9-5-13)12-17(18-3)16-10-6-14(2)7-11-16/h4-11,17H,12H2,1-2H3. The van der Waals surface area contributed by atoms with E-state index in [1.54, 1.807) is 0 Å². The van der Waals surface area contributed by atoms with E-state index in [1.807, 2.05) is 0 Å². The fourth-order valence-electron chi connectivity index (χ4n) is 1.97. The van der Waals surface area contributed by atoms with E-state index in [0.717, 1.165) is 12.0 Å². The van der Waals surface area contributed by atoms with Crippen molar-refractivity contribution < 1.29 is 0 Å². The summed E-state index contributed by atoms with van der Waals surface area (Å²) in [6.07, 6.45) is 0.785. The molecule has 2 aromatic rings. The molecule has 0 fully saturated rings. The fourth-order valence-corrected chi connectivity index (χ4v) is 1.97. The van der Waals surface area contributed by atoms with E-state index < -0.39 is 0 Å². The molecule has 1 heteroatoms. The van der Waals surface area contributed by atoms with Crippen LogP contribution in [0.25, 0.3) is 4.85 Å². The lowest BCUT2D eigenvalue weighted by atomic mass is 9.98. The molecule has 0 aliphatic rings. The third-order valence-corrected chi connectivity index (χ3v) is 3.17. The first-order valence-corrected chi connectivity index (χ1v) is 6.18. The van der Waals surface area contributed by atoms with Crippen LogP contribution >= 0.6 is 0 Å². The second kappa shape index (κ2) is 5.51. The second-order valence-corrected chi connectivity index (χ2v) is 4.75. The van der Waals surface area contributed by atoms with E-state index in [9.17, 15) is 0 Å². The summed E-state index contributed by atoms with van der Waals surface area (Å²) in [6.45, 7) is 11.5. The number of benzene rings is 2. The number of aryl methyl sites for hydroxylation is 2. The Morgan fingerprint density at radius 3 is 1.89 bits per heavy atom. The molecule has 0 saturated heterocycles. The Morgan fingerprint density at radius 2 is 1.39 bits per heavy atom. The Bertz CT molecular complexity index is 544. The Morgan fingerprint density at radius 1 is 0.889 bits per heavy atom. The lowest BCUT2D eigenvalue weighted by molar-refractivity contribution is 0.830. The summed E-state index contributed by atoms with van der Waals surface area (Å²) in [5, 5.41) is 0. The SMILES string of the molecule is [C-]#[N+]C(Cc1ccc(C)cc1)c1ccc(C)cc1. The lowest BCUT2D eigenvalue weighted by Crippen LogP contribution is -1.98. The molecule has 0 bridgehead atoms. The molecule has 0 aliphatic heterocycles. The maximum atomic E-state index is 7.37. The quantitative estimate of drug-likeness (QED) is 0.690. The molecular weight excluding hydrogens is 218 g/mol. The van der Waals surface area contributed by atoms with E-state index in [0.29, 0.717) is 0 Å². The first-order valence-electron chi connectivity index (χ1n) is 6.18. The average Bonchev–Trinajstić information content (AvgIpc) is 2.39. The topological polar surface area (TPSA) is 4.36 Å². The van der Waals surface area contributed by atoms with Gasteiger partial charge in [0.25, 0.3) is 6.04 Å². The highest BCUT2D eigenvalue weighted by molar-refractivity contribution is 5.29. The molecule has 0 spiro atoms. The number of hydrogen-bond donors (Lipinski definition) is 0. The maximum absolute atomic E-state index is 7.37. The highest BCUT2D eigenvalue weighted by Crippen LogP contribution is 2.23. The van der Waals surface area contributed by atoms with Gasteiger partial charge < -0.3 is 4.85 Å². The van der Waals surface area contributed by atoms with E-state index in [-0.39, 0.29) is 6.04 Å². The zero-order valence-corrected chi connectivity index (χ0v) is 10.9. The summed E-state index contributed by atoms with van der Waals surface area (Å²) in [6, 6.07) is 16.6. The average molecular weight is 235 g/mol. The summed E-state index contributed by atoms with van der Waals surface area (Å²) < 4.78 is 0. The van der Waals surface area contributed by atoms with Crippen LogP contribution in [0.5, 0.6) is 0 Å². The largest absolute Gasteiger partial charge is 0.308 e. The summed E-state index contributed by atoms with van der Waals surface area (Å²) in [7, 11) is 0. The molecule has 0 radical (unpaired) electrons. The summed E-state index contributed by atoms with van der Waals surface area (Å²) in [5.74, 6) is 0. The predicted molar refractivity (Wildman–Crippen MR) is 75.4 cm³/mol. The minimum Gasteiger partial charge on any atom is -0.308 e. The minimum atomic E-state index is -0.0756. The molecule has 0 amide bonds. The predicted octanol–water partition coefficient (Wildman–Crippen LogP) is 4.51. The van der Waals surface area contributed by atoms with Gasteiger partial charge in [-0.1, -0.05) is 59.7 Å².